The number of hydrogen-bond acceptors (Lipinski definition) is 4. The van der Waals surface area contributed by atoms with E-state index in [4.69, 9.17) is 0 Å². The van der Waals surface area contributed by atoms with Crippen LogP contribution in [0.15, 0.2) is 59.9 Å². The van der Waals surface area contributed by atoms with E-state index in [1.165, 1.54) is 10.6 Å². The predicted octanol–water partition coefficient (Wildman–Crippen LogP) is 1.90. The van der Waals surface area contributed by atoms with Crippen LogP contribution < -0.4 is 10.9 Å². The number of pyridine rings is 2. The summed E-state index contributed by atoms with van der Waals surface area (Å²) in [6.07, 6.45) is 6.29. The number of imidazole rings is 1. The van der Waals surface area contributed by atoms with Crippen LogP contribution in [0.3, 0.4) is 0 Å². The van der Waals surface area contributed by atoms with Crippen molar-refractivity contribution in [2.24, 2.45) is 0 Å². The van der Waals surface area contributed by atoms with Gasteiger partial charge in [0, 0.05) is 24.8 Å². The monoisotopic (exact) mass is 319 g/mol. The van der Waals surface area contributed by atoms with Gasteiger partial charge in [-0.05, 0) is 30.7 Å². The number of fused-ring (bicyclic) bond motifs is 2. The van der Waals surface area contributed by atoms with E-state index in [0.717, 1.165) is 5.56 Å². The lowest BCUT2D eigenvalue weighted by molar-refractivity contribution is 0.102. The minimum absolute atomic E-state index is 0.0183. The Morgan fingerprint density at radius 3 is 2.83 bits per heavy atom. The normalized spacial score (nSPS) is 11.0. The van der Waals surface area contributed by atoms with Gasteiger partial charge in [-0.2, -0.15) is 0 Å². The fraction of sp³-hybridized carbons (Fsp3) is 0.0588. The van der Waals surface area contributed by atoms with E-state index in [0.29, 0.717) is 17.1 Å². The van der Waals surface area contributed by atoms with Crippen LogP contribution in [0.25, 0.3) is 11.3 Å². The number of rotatable bonds is 2. The fourth-order valence-electron chi connectivity index (χ4n) is 2.64. The molecule has 0 atom stereocenters. The molecule has 0 fully saturated rings. The van der Waals surface area contributed by atoms with E-state index in [9.17, 15) is 9.59 Å². The highest BCUT2D eigenvalue weighted by molar-refractivity contribution is 6.03. The van der Waals surface area contributed by atoms with Gasteiger partial charge >= 0.3 is 0 Å². The van der Waals surface area contributed by atoms with Crippen LogP contribution in [0.2, 0.25) is 0 Å². The number of aromatic nitrogens is 4. The Morgan fingerprint density at radius 2 is 1.96 bits per heavy atom. The lowest BCUT2D eigenvalue weighted by Gasteiger charge is -2.08. The molecule has 0 aliphatic heterocycles. The molecule has 0 spiro atoms. The van der Waals surface area contributed by atoms with Crippen LogP contribution in [-0.4, -0.2) is 24.7 Å². The maximum absolute atomic E-state index is 12.6. The molecule has 1 amide bonds. The highest BCUT2D eigenvalue weighted by atomic mass is 16.2. The summed E-state index contributed by atoms with van der Waals surface area (Å²) in [5, 5.41) is 2.74. The molecule has 0 aromatic carbocycles. The molecule has 24 heavy (non-hydrogen) atoms. The van der Waals surface area contributed by atoms with Gasteiger partial charge in [-0.1, -0.05) is 12.1 Å². The van der Waals surface area contributed by atoms with Gasteiger partial charge in [0.05, 0.1) is 0 Å². The largest absolute Gasteiger partial charge is 0.307 e. The van der Waals surface area contributed by atoms with E-state index in [-0.39, 0.29) is 5.56 Å². The number of aryl methyl sites for hydroxylation is 1. The Bertz CT molecular complexity index is 1140. The zero-order valence-electron chi connectivity index (χ0n) is 12.8. The lowest BCUT2D eigenvalue weighted by atomic mass is 10.2. The van der Waals surface area contributed by atoms with Gasteiger partial charge in [-0.15, -0.1) is 0 Å². The third kappa shape index (κ3) is 2.14. The molecule has 7 heteroatoms. The minimum atomic E-state index is -0.510. The number of carbonyl (C=O) groups is 1. The predicted molar refractivity (Wildman–Crippen MR) is 89.3 cm³/mol. The van der Waals surface area contributed by atoms with E-state index in [2.05, 4.69) is 15.3 Å². The van der Waals surface area contributed by atoms with Crippen molar-refractivity contribution < 1.29 is 4.79 Å². The molecule has 4 aromatic rings. The zero-order chi connectivity index (χ0) is 16.7. The lowest BCUT2D eigenvalue weighted by Crippen LogP contribution is -2.27. The van der Waals surface area contributed by atoms with Crippen LogP contribution in [0.5, 0.6) is 0 Å². The van der Waals surface area contributed by atoms with Crippen molar-refractivity contribution in [3.05, 3.63) is 76.6 Å². The minimum Gasteiger partial charge on any atom is -0.307 e. The SMILES string of the molecule is Cc1cccn2c(=O)c(C(=O)Nc3cccc4nccn34)cnc12. The Labute approximate surface area is 136 Å². The first-order valence-electron chi connectivity index (χ1n) is 7.35. The fourth-order valence-corrected chi connectivity index (χ4v) is 2.64. The number of amides is 1. The quantitative estimate of drug-likeness (QED) is 0.612. The van der Waals surface area contributed by atoms with Crippen molar-refractivity contribution in [1.82, 2.24) is 18.8 Å². The van der Waals surface area contributed by atoms with E-state index in [1.54, 1.807) is 41.2 Å². The van der Waals surface area contributed by atoms with Crippen molar-refractivity contribution in [3.8, 4) is 0 Å². The molecular weight excluding hydrogens is 306 g/mol. The van der Waals surface area contributed by atoms with Gasteiger partial charge in [0.25, 0.3) is 11.5 Å². The zero-order valence-corrected chi connectivity index (χ0v) is 12.8. The van der Waals surface area contributed by atoms with Gasteiger partial charge in [0.15, 0.2) is 0 Å². The second kappa shape index (κ2) is 5.31. The molecule has 0 aliphatic rings. The highest BCUT2D eigenvalue weighted by Crippen LogP contribution is 2.12. The van der Waals surface area contributed by atoms with Crippen LogP contribution in [0, 0.1) is 6.92 Å². The summed E-state index contributed by atoms with van der Waals surface area (Å²) in [7, 11) is 0. The Morgan fingerprint density at radius 1 is 1.08 bits per heavy atom. The first-order valence-corrected chi connectivity index (χ1v) is 7.35. The molecular formula is C17H13N5O2. The van der Waals surface area contributed by atoms with E-state index < -0.39 is 11.5 Å². The van der Waals surface area contributed by atoms with Gasteiger partial charge in [-0.3, -0.25) is 18.4 Å². The molecule has 7 nitrogen and oxygen atoms in total. The summed E-state index contributed by atoms with van der Waals surface area (Å²) < 4.78 is 3.11. The summed E-state index contributed by atoms with van der Waals surface area (Å²) in [5.74, 6) is 0.0216. The number of nitrogens with one attached hydrogen (secondary N) is 1. The van der Waals surface area contributed by atoms with Crippen LogP contribution in [-0.2, 0) is 0 Å². The Hall–Kier alpha value is -3.48. The smallest absolute Gasteiger partial charge is 0.270 e. The number of hydrogen-bond donors (Lipinski definition) is 1. The molecule has 0 saturated heterocycles. The summed E-state index contributed by atoms with van der Waals surface area (Å²) in [4.78, 5) is 33.5. The van der Waals surface area contributed by atoms with Crippen LogP contribution >= 0.6 is 0 Å². The highest BCUT2D eigenvalue weighted by Gasteiger charge is 2.15. The van der Waals surface area contributed by atoms with Gasteiger partial charge in [0.1, 0.15) is 22.7 Å². The first-order chi connectivity index (χ1) is 11.6. The topological polar surface area (TPSA) is 80.8 Å². The molecule has 0 bridgehead atoms. The molecule has 0 saturated carbocycles. The van der Waals surface area contributed by atoms with Crippen LogP contribution in [0.1, 0.15) is 15.9 Å². The molecule has 4 heterocycles. The Kier molecular flexibility index (Phi) is 3.13. The molecule has 0 aliphatic carbocycles. The van der Waals surface area contributed by atoms with Gasteiger partial charge < -0.3 is 5.32 Å². The van der Waals surface area contributed by atoms with Crippen molar-refractivity contribution in [3.63, 3.8) is 0 Å². The average Bonchev–Trinajstić information content (AvgIpc) is 3.05. The molecule has 1 N–H and O–H groups in total. The average molecular weight is 319 g/mol. The van der Waals surface area contributed by atoms with E-state index in [1.807, 2.05) is 19.1 Å². The first kappa shape index (κ1) is 14.1. The number of carbonyl (C=O) groups excluding carboxylic acids is 1. The van der Waals surface area contributed by atoms with Crippen molar-refractivity contribution >= 4 is 23.0 Å². The third-order valence-electron chi connectivity index (χ3n) is 3.84. The maximum Gasteiger partial charge on any atom is 0.270 e. The second-order valence-corrected chi connectivity index (χ2v) is 5.38. The number of nitrogens with zero attached hydrogens (tertiary/aromatic N) is 4. The molecule has 4 aromatic heterocycles. The molecule has 0 unspecified atom stereocenters. The second-order valence-electron chi connectivity index (χ2n) is 5.38. The summed E-state index contributed by atoms with van der Waals surface area (Å²) in [6, 6.07) is 8.96. The molecule has 0 radical (unpaired) electrons. The summed E-state index contributed by atoms with van der Waals surface area (Å²) in [5.41, 5.74) is 1.69. The van der Waals surface area contributed by atoms with Gasteiger partial charge in [-0.25, -0.2) is 9.97 Å². The summed E-state index contributed by atoms with van der Waals surface area (Å²) >= 11 is 0. The van der Waals surface area contributed by atoms with Crippen molar-refractivity contribution in [1.29, 1.82) is 0 Å². The number of anilines is 1. The van der Waals surface area contributed by atoms with Crippen LogP contribution in [0.4, 0.5) is 5.82 Å². The van der Waals surface area contributed by atoms with Crippen molar-refractivity contribution in [2.75, 3.05) is 5.32 Å². The Balaban J connectivity index is 1.78. The van der Waals surface area contributed by atoms with Crippen molar-refractivity contribution in [2.45, 2.75) is 6.92 Å². The molecule has 4 rings (SSSR count). The summed E-state index contributed by atoms with van der Waals surface area (Å²) in [6.45, 7) is 1.86. The third-order valence-corrected chi connectivity index (χ3v) is 3.84. The van der Waals surface area contributed by atoms with E-state index >= 15 is 0 Å². The standard InChI is InChI=1S/C17H13N5O2/c1-11-4-3-8-22-15(11)19-10-12(17(22)24)16(23)20-14-6-2-5-13-18-7-9-21(13)14/h2-10H,1H3,(H,20,23). The maximum atomic E-state index is 12.6. The van der Waals surface area contributed by atoms with Gasteiger partial charge in [0.2, 0.25) is 0 Å². The molecule has 118 valence electrons.